The Morgan fingerprint density at radius 1 is 1.00 bits per heavy atom. The second-order valence-electron chi connectivity index (χ2n) is 5.67. The molecule has 0 fully saturated rings. The van der Waals surface area contributed by atoms with Crippen molar-refractivity contribution in [3.05, 3.63) is 82.1 Å². The highest BCUT2D eigenvalue weighted by atomic mass is 79.9. The van der Waals surface area contributed by atoms with Crippen molar-refractivity contribution in [3.63, 3.8) is 0 Å². The molecule has 2 nitrogen and oxygen atoms in total. The lowest BCUT2D eigenvalue weighted by atomic mass is 10.0. The predicted molar refractivity (Wildman–Crippen MR) is 110 cm³/mol. The van der Waals surface area contributed by atoms with Crippen LogP contribution in [-0.2, 0) is 11.8 Å². The number of hydrogen-bond donors (Lipinski definition) is 0. The van der Waals surface area contributed by atoms with E-state index in [1.54, 1.807) is 11.3 Å². The van der Waals surface area contributed by atoms with Gasteiger partial charge in [-0.05, 0) is 17.2 Å². The molecule has 0 saturated carbocycles. The summed E-state index contributed by atoms with van der Waals surface area (Å²) in [5.74, 6) is 0. The van der Waals surface area contributed by atoms with Crippen LogP contribution in [0.3, 0.4) is 0 Å². The molecule has 0 saturated heterocycles. The van der Waals surface area contributed by atoms with Crippen molar-refractivity contribution in [3.8, 4) is 11.1 Å². The molecule has 2 aromatic heterocycles. The lowest BCUT2D eigenvalue weighted by molar-refractivity contribution is 1.08. The van der Waals surface area contributed by atoms with Gasteiger partial charge >= 0.3 is 0 Å². The highest BCUT2D eigenvalue weighted by Gasteiger charge is 2.13. The number of benzene rings is 2. The number of fused-ring (bicyclic) bond motifs is 1. The summed E-state index contributed by atoms with van der Waals surface area (Å²) in [5, 5.41) is 2.60. The summed E-state index contributed by atoms with van der Waals surface area (Å²) in [6.07, 6.45) is 2.52. The number of aromatic nitrogens is 2. The summed E-state index contributed by atoms with van der Waals surface area (Å²) in [6.45, 7) is 0. The Labute approximate surface area is 163 Å². The SMILES string of the molecule is Clc1c(Cc2nccc3sc(CBr)nc23)cccc1-c1ccccc1. The van der Waals surface area contributed by atoms with E-state index in [-0.39, 0.29) is 0 Å². The Hall–Kier alpha value is -1.75. The molecule has 0 unspecified atom stereocenters. The summed E-state index contributed by atoms with van der Waals surface area (Å²) >= 11 is 11.9. The van der Waals surface area contributed by atoms with Crippen molar-refractivity contribution >= 4 is 49.1 Å². The van der Waals surface area contributed by atoms with E-state index in [1.165, 1.54) is 0 Å². The average Bonchev–Trinajstić information content (AvgIpc) is 3.08. The molecule has 4 aromatic rings. The number of nitrogens with zero attached hydrogens (tertiary/aromatic N) is 2. The standard InChI is InChI=1S/C20H14BrClN2S/c21-12-18-24-20-16(23-10-9-17(20)25-18)11-14-7-4-8-15(19(14)22)13-5-2-1-3-6-13/h1-10H,11-12H2. The van der Waals surface area contributed by atoms with Crippen LogP contribution in [0.1, 0.15) is 16.3 Å². The smallest absolute Gasteiger partial charge is 0.104 e. The average molecular weight is 430 g/mol. The van der Waals surface area contributed by atoms with Gasteiger partial charge < -0.3 is 0 Å². The first kappa shape index (κ1) is 16.7. The Morgan fingerprint density at radius 2 is 1.84 bits per heavy atom. The zero-order valence-corrected chi connectivity index (χ0v) is 16.4. The van der Waals surface area contributed by atoms with E-state index in [2.05, 4.69) is 51.2 Å². The third kappa shape index (κ3) is 3.34. The largest absolute Gasteiger partial charge is 0.259 e. The topological polar surface area (TPSA) is 25.8 Å². The lowest BCUT2D eigenvalue weighted by Gasteiger charge is -2.10. The quantitative estimate of drug-likeness (QED) is 0.346. The minimum Gasteiger partial charge on any atom is -0.259 e. The molecule has 2 heterocycles. The molecule has 0 aliphatic carbocycles. The molecule has 4 rings (SSSR count). The fraction of sp³-hybridized carbons (Fsp3) is 0.100. The number of alkyl halides is 1. The minimum absolute atomic E-state index is 0.669. The van der Waals surface area contributed by atoms with Gasteiger partial charge in [0.2, 0.25) is 0 Å². The zero-order chi connectivity index (χ0) is 17.2. The number of halogens is 2. The molecule has 5 heteroatoms. The Kier molecular flexibility index (Phi) is 4.84. The number of hydrogen-bond acceptors (Lipinski definition) is 3. The van der Waals surface area contributed by atoms with Gasteiger partial charge in [0.25, 0.3) is 0 Å². The number of pyridine rings is 1. The maximum atomic E-state index is 6.72. The molecule has 25 heavy (non-hydrogen) atoms. The fourth-order valence-corrected chi connectivity index (χ4v) is 4.48. The van der Waals surface area contributed by atoms with Crippen LogP contribution in [0.25, 0.3) is 21.3 Å². The second-order valence-corrected chi connectivity index (χ2v) is 7.72. The molecule has 0 radical (unpaired) electrons. The molecule has 0 amide bonds. The minimum atomic E-state index is 0.669. The van der Waals surface area contributed by atoms with Crippen molar-refractivity contribution in [1.29, 1.82) is 0 Å². The highest BCUT2D eigenvalue weighted by molar-refractivity contribution is 9.08. The van der Waals surface area contributed by atoms with Crippen molar-refractivity contribution < 1.29 is 0 Å². The normalized spacial score (nSPS) is 11.1. The molecule has 0 aliphatic heterocycles. The predicted octanol–water partition coefficient (Wildman–Crippen LogP) is 6.50. The van der Waals surface area contributed by atoms with Gasteiger partial charge in [0.1, 0.15) is 10.5 Å². The van der Waals surface area contributed by atoms with Crippen LogP contribution >= 0.6 is 38.9 Å². The van der Waals surface area contributed by atoms with Crippen molar-refractivity contribution in [1.82, 2.24) is 9.97 Å². The molecule has 0 atom stereocenters. The highest BCUT2D eigenvalue weighted by Crippen LogP contribution is 2.33. The Balaban J connectivity index is 1.76. The van der Waals surface area contributed by atoms with E-state index in [0.717, 1.165) is 48.0 Å². The second kappa shape index (κ2) is 7.24. The molecular weight excluding hydrogens is 416 g/mol. The summed E-state index contributed by atoms with van der Waals surface area (Å²) in [4.78, 5) is 9.27. The first-order chi connectivity index (χ1) is 12.3. The van der Waals surface area contributed by atoms with Crippen LogP contribution in [0.15, 0.2) is 60.8 Å². The van der Waals surface area contributed by atoms with Crippen LogP contribution in [0, 0.1) is 0 Å². The first-order valence-electron chi connectivity index (χ1n) is 7.88. The van der Waals surface area contributed by atoms with Gasteiger partial charge in [0, 0.05) is 18.2 Å². The van der Waals surface area contributed by atoms with Gasteiger partial charge in [-0.25, -0.2) is 4.98 Å². The molecule has 0 spiro atoms. The zero-order valence-electron chi connectivity index (χ0n) is 13.2. The summed E-state index contributed by atoms with van der Waals surface area (Å²) < 4.78 is 1.16. The van der Waals surface area contributed by atoms with Gasteiger partial charge in [-0.2, -0.15) is 0 Å². The van der Waals surface area contributed by atoms with E-state index < -0.39 is 0 Å². The molecular formula is C20H14BrClN2S. The van der Waals surface area contributed by atoms with Crippen LogP contribution in [-0.4, -0.2) is 9.97 Å². The van der Waals surface area contributed by atoms with Gasteiger partial charge in [0.05, 0.1) is 20.7 Å². The van der Waals surface area contributed by atoms with E-state index >= 15 is 0 Å². The molecule has 0 N–H and O–H groups in total. The number of rotatable bonds is 4. The third-order valence-corrected chi connectivity index (χ3v) is 6.43. The maximum absolute atomic E-state index is 6.72. The van der Waals surface area contributed by atoms with Gasteiger partial charge in [0.15, 0.2) is 0 Å². The van der Waals surface area contributed by atoms with Gasteiger partial charge in [-0.15, -0.1) is 11.3 Å². The fourth-order valence-electron chi connectivity index (χ4n) is 2.88. The van der Waals surface area contributed by atoms with Crippen LogP contribution in [0.4, 0.5) is 0 Å². The molecule has 0 bridgehead atoms. The van der Waals surface area contributed by atoms with Gasteiger partial charge in [-0.3, -0.25) is 4.98 Å². The van der Waals surface area contributed by atoms with Crippen molar-refractivity contribution in [2.75, 3.05) is 0 Å². The maximum Gasteiger partial charge on any atom is 0.104 e. The van der Waals surface area contributed by atoms with Crippen LogP contribution < -0.4 is 0 Å². The first-order valence-corrected chi connectivity index (χ1v) is 10.2. The summed E-state index contributed by atoms with van der Waals surface area (Å²) in [7, 11) is 0. The Bertz CT molecular complexity index is 1030. The van der Waals surface area contributed by atoms with Crippen molar-refractivity contribution in [2.24, 2.45) is 0 Å². The van der Waals surface area contributed by atoms with Crippen LogP contribution in [0.5, 0.6) is 0 Å². The monoisotopic (exact) mass is 428 g/mol. The molecule has 0 aliphatic rings. The van der Waals surface area contributed by atoms with Gasteiger partial charge in [-0.1, -0.05) is 76.1 Å². The molecule has 2 aromatic carbocycles. The van der Waals surface area contributed by atoms with Crippen molar-refractivity contribution in [2.45, 2.75) is 11.8 Å². The van der Waals surface area contributed by atoms with Crippen LogP contribution in [0.2, 0.25) is 5.02 Å². The summed E-state index contributed by atoms with van der Waals surface area (Å²) in [6, 6.07) is 18.4. The van der Waals surface area contributed by atoms with E-state index in [1.807, 2.05) is 30.5 Å². The van der Waals surface area contributed by atoms with E-state index in [4.69, 9.17) is 16.6 Å². The van der Waals surface area contributed by atoms with E-state index in [9.17, 15) is 0 Å². The third-order valence-electron chi connectivity index (χ3n) is 4.06. The lowest BCUT2D eigenvalue weighted by Crippen LogP contribution is -1.95. The summed E-state index contributed by atoms with van der Waals surface area (Å²) in [5.41, 5.74) is 5.18. The Morgan fingerprint density at radius 3 is 2.64 bits per heavy atom. The van der Waals surface area contributed by atoms with E-state index in [0.29, 0.717) is 6.42 Å². The molecule has 124 valence electrons. The number of thiazole rings is 1.